The van der Waals surface area contributed by atoms with Crippen LogP contribution in [0.1, 0.15) is 49.3 Å². The van der Waals surface area contributed by atoms with E-state index in [-0.39, 0.29) is 0 Å². The molecule has 15 heavy (non-hydrogen) atoms. The second-order valence-electron chi connectivity index (χ2n) is 5.25. The summed E-state index contributed by atoms with van der Waals surface area (Å²) in [5, 5.41) is 3.61. The summed E-state index contributed by atoms with van der Waals surface area (Å²) in [6.45, 7) is 3.51. The van der Waals surface area contributed by atoms with Crippen LogP contribution in [0.15, 0.2) is 24.3 Å². The molecule has 1 N–H and O–H groups in total. The second kappa shape index (κ2) is 3.64. The van der Waals surface area contributed by atoms with Crippen molar-refractivity contribution < 1.29 is 0 Å². The van der Waals surface area contributed by atoms with Crippen molar-refractivity contribution in [3.05, 3.63) is 35.4 Å². The summed E-state index contributed by atoms with van der Waals surface area (Å²) in [7, 11) is 0. The van der Waals surface area contributed by atoms with Crippen molar-refractivity contribution in [1.82, 2.24) is 5.32 Å². The SMILES string of the molecule is CC1CNC(c2cccc(C3CC3)c2)C1. The highest BCUT2D eigenvalue weighted by Crippen LogP contribution is 2.41. The quantitative estimate of drug-likeness (QED) is 0.774. The zero-order valence-corrected chi connectivity index (χ0v) is 9.37. The molecule has 0 amide bonds. The van der Waals surface area contributed by atoms with Crippen LogP contribution in [0.3, 0.4) is 0 Å². The molecule has 0 radical (unpaired) electrons. The topological polar surface area (TPSA) is 12.0 Å². The minimum absolute atomic E-state index is 0.610. The number of hydrogen-bond donors (Lipinski definition) is 1. The molecule has 1 nitrogen and oxygen atoms in total. The summed E-state index contributed by atoms with van der Waals surface area (Å²) in [4.78, 5) is 0. The maximum atomic E-state index is 3.61. The van der Waals surface area contributed by atoms with Crippen LogP contribution in [0.5, 0.6) is 0 Å². The molecule has 2 aliphatic rings. The van der Waals surface area contributed by atoms with Crippen LogP contribution in [0.4, 0.5) is 0 Å². The third-order valence-corrected chi connectivity index (χ3v) is 3.71. The Morgan fingerprint density at radius 3 is 2.67 bits per heavy atom. The monoisotopic (exact) mass is 201 g/mol. The summed E-state index contributed by atoms with van der Waals surface area (Å²) in [5.74, 6) is 1.71. The van der Waals surface area contributed by atoms with E-state index < -0.39 is 0 Å². The fraction of sp³-hybridized carbons (Fsp3) is 0.571. The van der Waals surface area contributed by atoms with Crippen LogP contribution in [-0.2, 0) is 0 Å². The van der Waals surface area contributed by atoms with Gasteiger partial charge in [-0.05, 0) is 48.8 Å². The molecule has 0 aromatic heterocycles. The highest BCUT2D eigenvalue weighted by Gasteiger charge is 2.26. The van der Waals surface area contributed by atoms with Gasteiger partial charge < -0.3 is 5.32 Å². The van der Waals surface area contributed by atoms with Gasteiger partial charge in [0.1, 0.15) is 0 Å². The fourth-order valence-corrected chi connectivity index (χ4v) is 2.61. The summed E-state index contributed by atoms with van der Waals surface area (Å²) in [5.41, 5.74) is 3.07. The van der Waals surface area contributed by atoms with Crippen LogP contribution in [0, 0.1) is 5.92 Å². The van der Waals surface area contributed by atoms with Crippen LogP contribution in [0.2, 0.25) is 0 Å². The van der Waals surface area contributed by atoms with Gasteiger partial charge in [-0.3, -0.25) is 0 Å². The third-order valence-electron chi connectivity index (χ3n) is 3.71. The van der Waals surface area contributed by atoms with Gasteiger partial charge in [-0.25, -0.2) is 0 Å². The summed E-state index contributed by atoms with van der Waals surface area (Å²) in [6, 6.07) is 9.83. The molecular weight excluding hydrogens is 182 g/mol. The molecule has 1 aromatic rings. The first kappa shape index (κ1) is 9.41. The molecule has 3 rings (SSSR count). The van der Waals surface area contributed by atoms with Crippen molar-refractivity contribution in [3.8, 4) is 0 Å². The first-order valence-electron chi connectivity index (χ1n) is 6.16. The lowest BCUT2D eigenvalue weighted by molar-refractivity contribution is 0.611. The average molecular weight is 201 g/mol. The number of nitrogens with one attached hydrogen (secondary N) is 1. The van der Waals surface area contributed by atoms with E-state index in [1.165, 1.54) is 31.4 Å². The highest BCUT2D eigenvalue weighted by molar-refractivity contribution is 5.31. The minimum Gasteiger partial charge on any atom is -0.310 e. The molecule has 2 atom stereocenters. The minimum atomic E-state index is 0.610. The van der Waals surface area contributed by atoms with Gasteiger partial charge in [0.05, 0.1) is 0 Å². The second-order valence-corrected chi connectivity index (χ2v) is 5.25. The molecule has 0 spiro atoms. The molecule has 1 aliphatic carbocycles. The van der Waals surface area contributed by atoms with Gasteiger partial charge in [0.15, 0.2) is 0 Å². The van der Waals surface area contributed by atoms with Crippen LogP contribution < -0.4 is 5.32 Å². The number of hydrogen-bond acceptors (Lipinski definition) is 1. The normalized spacial score (nSPS) is 30.7. The van der Waals surface area contributed by atoms with Crippen LogP contribution >= 0.6 is 0 Å². The third kappa shape index (κ3) is 1.93. The van der Waals surface area contributed by atoms with E-state index in [1.807, 2.05) is 0 Å². The molecule has 1 aliphatic heterocycles. The molecule has 1 saturated heterocycles. The Hall–Kier alpha value is -0.820. The Morgan fingerprint density at radius 1 is 1.20 bits per heavy atom. The Labute approximate surface area is 91.9 Å². The molecule has 2 unspecified atom stereocenters. The van der Waals surface area contributed by atoms with E-state index in [4.69, 9.17) is 0 Å². The maximum Gasteiger partial charge on any atom is 0.0323 e. The van der Waals surface area contributed by atoms with Gasteiger partial charge in [0, 0.05) is 6.04 Å². The number of benzene rings is 1. The Kier molecular flexibility index (Phi) is 2.28. The predicted octanol–water partition coefficient (Wildman–Crippen LogP) is 3.23. The smallest absolute Gasteiger partial charge is 0.0323 e. The van der Waals surface area contributed by atoms with Gasteiger partial charge >= 0.3 is 0 Å². The number of rotatable bonds is 2. The Bertz CT molecular complexity index is 354. The van der Waals surface area contributed by atoms with E-state index in [2.05, 4.69) is 36.5 Å². The van der Waals surface area contributed by atoms with E-state index in [0.29, 0.717) is 6.04 Å². The molecule has 80 valence electrons. The molecule has 1 heteroatoms. The van der Waals surface area contributed by atoms with Crippen molar-refractivity contribution in [2.45, 2.75) is 38.1 Å². The van der Waals surface area contributed by atoms with Gasteiger partial charge in [-0.15, -0.1) is 0 Å². The van der Waals surface area contributed by atoms with Crippen molar-refractivity contribution >= 4 is 0 Å². The average Bonchev–Trinajstić information content (AvgIpc) is 3.02. The summed E-state index contributed by atoms with van der Waals surface area (Å²) < 4.78 is 0. The van der Waals surface area contributed by atoms with Gasteiger partial charge in [0.2, 0.25) is 0 Å². The summed E-state index contributed by atoms with van der Waals surface area (Å²) in [6.07, 6.45) is 4.10. The first-order valence-corrected chi connectivity index (χ1v) is 6.16. The lowest BCUT2D eigenvalue weighted by Crippen LogP contribution is -2.13. The zero-order valence-electron chi connectivity index (χ0n) is 9.37. The molecular formula is C14H19N. The van der Waals surface area contributed by atoms with E-state index in [9.17, 15) is 0 Å². The summed E-state index contributed by atoms with van der Waals surface area (Å²) >= 11 is 0. The van der Waals surface area contributed by atoms with Crippen molar-refractivity contribution in [2.24, 2.45) is 5.92 Å². The van der Waals surface area contributed by atoms with E-state index >= 15 is 0 Å². The van der Waals surface area contributed by atoms with Gasteiger partial charge in [-0.1, -0.05) is 31.2 Å². The molecule has 1 aromatic carbocycles. The van der Waals surface area contributed by atoms with Gasteiger partial charge in [-0.2, -0.15) is 0 Å². The maximum absolute atomic E-state index is 3.61. The lowest BCUT2D eigenvalue weighted by Gasteiger charge is -2.12. The van der Waals surface area contributed by atoms with Crippen molar-refractivity contribution in [3.63, 3.8) is 0 Å². The van der Waals surface area contributed by atoms with Crippen LogP contribution in [-0.4, -0.2) is 6.54 Å². The molecule has 2 fully saturated rings. The Morgan fingerprint density at radius 2 is 2.00 bits per heavy atom. The molecule has 1 heterocycles. The van der Waals surface area contributed by atoms with E-state index in [1.54, 1.807) is 5.56 Å². The van der Waals surface area contributed by atoms with Crippen molar-refractivity contribution in [1.29, 1.82) is 0 Å². The zero-order chi connectivity index (χ0) is 10.3. The fourth-order valence-electron chi connectivity index (χ4n) is 2.61. The largest absolute Gasteiger partial charge is 0.310 e. The van der Waals surface area contributed by atoms with Gasteiger partial charge in [0.25, 0.3) is 0 Å². The predicted molar refractivity (Wildman–Crippen MR) is 62.9 cm³/mol. The molecule has 0 bridgehead atoms. The molecule has 1 saturated carbocycles. The first-order chi connectivity index (χ1) is 7.33. The van der Waals surface area contributed by atoms with E-state index in [0.717, 1.165) is 11.8 Å². The van der Waals surface area contributed by atoms with Crippen LogP contribution in [0.25, 0.3) is 0 Å². The standard InChI is InChI=1S/C14H19N/c1-10-7-14(15-9-10)13-4-2-3-12(8-13)11-5-6-11/h2-4,8,10-11,14-15H,5-7,9H2,1H3. The highest BCUT2D eigenvalue weighted by atomic mass is 14.9. The Balaban J connectivity index is 1.81. The van der Waals surface area contributed by atoms with Crippen molar-refractivity contribution in [2.75, 3.05) is 6.54 Å². The lowest BCUT2D eigenvalue weighted by atomic mass is 9.98.